The zero-order valence-electron chi connectivity index (χ0n) is 22.3. The molecule has 0 amide bonds. The number of anilines is 2. The first-order chi connectivity index (χ1) is 19.0. The molecule has 4 heterocycles. The van der Waals surface area contributed by atoms with E-state index in [0.717, 1.165) is 65.4 Å². The average molecular weight is 587 g/mol. The average Bonchev–Trinajstić information content (AvgIpc) is 3.28. The SMILES string of the molecule is CN1CCC2(C1)CN(c1ncc(Cl)c(NCc3ccc(CN4CCOCC4)cc3)n1)CCO2.O=C(O)C(F)(F)F. The van der Waals surface area contributed by atoms with Crippen LogP contribution in [0.15, 0.2) is 30.5 Å². The van der Waals surface area contributed by atoms with E-state index < -0.39 is 12.1 Å². The largest absolute Gasteiger partial charge is 0.490 e. The predicted octanol–water partition coefficient (Wildman–Crippen LogP) is 3.12. The Labute approximate surface area is 236 Å². The molecule has 0 aliphatic carbocycles. The van der Waals surface area contributed by atoms with Crippen molar-refractivity contribution in [2.75, 3.05) is 76.4 Å². The molecular weight excluding hydrogens is 553 g/mol. The number of aromatic nitrogens is 2. The first-order valence-corrected chi connectivity index (χ1v) is 13.4. The van der Waals surface area contributed by atoms with Crippen molar-refractivity contribution in [1.29, 1.82) is 0 Å². The molecule has 1 atom stereocenters. The van der Waals surface area contributed by atoms with Crippen LogP contribution < -0.4 is 10.2 Å². The number of nitrogens with zero attached hydrogens (tertiary/aromatic N) is 5. The van der Waals surface area contributed by atoms with Crippen LogP contribution in [0.2, 0.25) is 5.02 Å². The molecule has 10 nitrogen and oxygen atoms in total. The summed E-state index contributed by atoms with van der Waals surface area (Å²) >= 11 is 6.42. The lowest BCUT2D eigenvalue weighted by Gasteiger charge is -2.40. The summed E-state index contributed by atoms with van der Waals surface area (Å²) in [5, 5.41) is 11.1. The molecule has 5 rings (SSSR count). The van der Waals surface area contributed by atoms with Crippen molar-refractivity contribution in [1.82, 2.24) is 19.8 Å². The Kier molecular flexibility index (Phi) is 10.1. The number of carbonyl (C=O) groups is 1. The first-order valence-electron chi connectivity index (χ1n) is 13.0. The van der Waals surface area contributed by atoms with Crippen LogP contribution in [0, 0.1) is 0 Å². The molecule has 1 spiro atoms. The zero-order valence-corrected chi connectivity index (χ0v) is 23.0. The van der Waals surface area contributed by atoms with Crippen LogP contribution in [0.3, 0.4) is 0 Å². The van der Waals surface area contributed by atoms with Gasteiger partial charge in [0, 0.05) is 45.8 Å². The van der Waals surface area contributed by atoms with Crippen LogP contribution >= 0.6 is 11.6 Å². The van der Waals surface area contributed by atoms with Crippen molar-refractivity contribution >= 4 is 29.3 Å². The summed E-state index contributed by atoms with van der Waals surface area (Å²) in [6.45, 7) is 9.58. The van der Waals surface area contributed by atoms with Crippen molar-refractivity contribution in [3.8, 4) is 0 Å². The third kappa shape index (κ3) is 8.40. The van der Waals surface area contributed by atoms with Gasteiger partial charge in [-0.3, -0.25) is 4.90 Å². The number of likely N-dealkylation sites (tertiary alicyclic amines) is 1. The molecule has 14 heteroatoms. The Bertz CT molecular complexity index is 1130. The van der Waals surface area contributed by atoms with Gasteiger partial charge in [-0.15, -0.1) is 0 Å². The molecule has 1 aromatic carbocycles. The number of ether oxygens (including phenoxy) is 2. The van der Waals surface area contributed by atoms with Crippen LogP contribution in [0.1, 0.15) is 17.5 Å². The highest BCUT2D eigenvalue weighted by molar-refractivity contribution is 6.32. The topological polar surface area (TPSA) is 103 Å². The molecule has 0 radical (unpaired) electrons. The maximum Gasteiger partial charge on any atom is 0.490 e. The molecule has 1 unspecified atom stereocenters. The number of morpholine rings is 2. The fourth-order valence-corrected chi connectivity index (χ4v) is 5.06. The summed E-state index contributed by atoms with van der Waals surface area (Å²) in [5.41, 5.74) is 2.39. The Balaban J connectivity index is 0.000000470. The van der Waals surface area contributed by atoms with E-state index >= 15 is 0 Å². The first kappa shape index (κ1) is 30.3. The molecule has 40 heavy (non-hydrogen) atoms. The molecule has 3 aliphatic rings. The smallest absolute Gasteiger partial charge is 0.475 e. The van der Waals surface area contributed by atoms with E-state index in [1.54, 1.807) is 6.20 Å². The number of halogens is 4. The molecule has 3 saturated heterocycles. The van der Waals surface area contributed by atoms with Crippen LogP contribution in [-0.4, -0.2) is 109 Å². The second-order valence-electron chi connectivity index (χ2n) is 10.2. The number of carboxylic acid groups (broad SMARTS) is 1. The molecule has 0 saturated carbocycles. The molecule has 3 aliphatic heterocycles. The standard InChI is InChI=1S/C24H33ClN6O2.C2HF3O2/c1-29-7-6-24(17-29)18-31(10-13-33-24)23-27-15-21(25)22(28-23)26-14-19-2-4-20(5-3-19)16-30-8-11-32-12-9-30;3-2(4,5)1(6)7/h2-5,15H,6-14,16-18H2,1H3,(H,26,27,28);(H,6,7). The van der Waals surface area contributed by atoms with E-state index in [2.05, 4.69) is 56.3 Å². The summed E-state index contributed by atoms with van der Waals surface area (Å²) in [7, 11) is 2.15. The number of hydrogen-bond donors (Lipinski definition) is 2. The minimum Gasteiger partial charge on any atom is -0.475 e. The van der Waals surface area contributed by atoms with Crippen molar-refractivity contribution in [2.45, 2.75) is 31.3 Å². The number of benzene rings is 1. The molecule has 2 aromatic rings. The number of likely N-dealkylation sites (N-methyl/N-ethyl adjacent to an activating group) is 1. The van der Waals surface area contributed by atoms with E-state index in [1.807, 2.05) is 0 Å². The number of hydrogen-bond acceptors (Lipinski definition) is 9. The molecule has 3 fully saturated rings. The summed E-state index contributed by atoms with van der Waals surface area (Å²) in [5.74, 6) is -1.38. The van der Waals surface area contributed by atoms with E-state index in [1.165, 1.54) is 11.1 Å². The van der Waals surface area contributed by atoms with Crippen LogP contribution in [-0.2, 0) is 27.4 Å². The number of carboxylic acids is 1. The van der Waals surface area contributed by atoms with Gasteiger partial charge in [-0.2, -0.15) is 18.2 Å². The molecule has 220 valence electrons. The van der Waals surface area contributed by atoms with Crippen LogP contribution in [0.25, 0.3) is 0 Å². The minimum absolute atomic E-state index is 0.118. The van der Waals surface area contributed by atoms with Gasteiger partial charge in [-0.1, -0.05) is 35.9 Å². The van der Waals surface area contributed by atoms with Crippen molar-refractivity contribution < 1.29 is 32.5 Å². The van der Waals surface area contributed by atoms with Gasteiger partial charge < -0.3 is 29.7 Å². The number of nitrogens with one attached hydrogen (secondary N) is 1. The normalized spacial score (nSPS) is 22.2. The van der Waals surface area contributed by atoms with Gasteiger partial charge in [-0.05, 0) is 24.6 Å². The Morgan fingerprint density at radius 2 is 1.77 bits per heavy atom. The third-order valence-corrected chi connectivity index (χ3v) is 7.28. The minimum atomic E-state index is -5.08. The highest BCUT2D eigenvalue weighted by Crippen LogP contribution is 2.31. The molecular formula is C26H34ClF3N6O4. The molecule has 1 aromatic heterocycles. The second kappa shape index (κ2) is 13.3. The predicted molar refractivity (Wildman–Crippen MR) is 144 cm³/mol. The van der Waals surface area contributed by atoms with Crippen LogP contribution in [0.4, 0.5) is 24.9 Å². The fraction of sp³-hybridized carbons (Fsp3) is 0.577. The lowest BCUT2D eigenvalue weighted by atomic mass is 10.0. The fourth-order valence-electron chi connectivity index (χ4n) is 4.91. The van der Waals surface area contributed by atoms with Gasteiger partial charge in [0.15, 0.2) is 5.82 Å². The van der Waals surface area contributed by atoms with Gasteiger partial charge in [0.25, 0.3) is 0 Å². The second-order valence-corrected chi connectivity index (χ2v) is 10.6. The van der Waals surface area contributed by atoms with E-state index in [9.17, 15) is 13.2 Å². The molecule has 0 bridgehead atoms. The summed E-state index contributed by atoms with van der Waals surface area (Å²) < 4.78 is 43.3. The summed E-state index contributed by atoms with van der Waals surface area (Å²) in [4.78, 5) is 25.2. The Morgan fingerprint density at radius 3 is 2.40 bits per heavy atom. The third-order valence-electron chi connectivity index (χ3n) is 7.01. The number of rotatable bonds is 6. The van der Waals surface area contributed by atoms with Crippen molar-refractivity contribution in [2.24, 2.45) is 0 Å². The zero-order chi connectivity index (χ0) is 28.8. The van der Waals surface area contributed by atoms with E-state index in [4.69, 9.17) is 36.0 Å². The number of aliphatic carboxylic acids is 1. The van der Waals surface area contributed by atoms with Crippen molar-refractivity contribution in [3.63, 3.8) is 0 Å². The Hall–Kier alpha value is -2.71. The molecule has 2 N–H and O–H groups in total. The maximum absolute atomic E-state index is 10.6. The highest BCUT2D eigenvalue weighted by atomic mass is 35.5. The quantitative estimate of drug-likeness (QED) is 0.525. The van der Waals surface area contributed by atoms with E-state index in [0.29, 0.717) is 29.9 Å². The maximum atomic E-state index is 10.6. The highest BCUT2D eigenvalue weighted by Gasteiger charge is 2.42. The van der Waals surface area contributed by atoms with Gasteiger partial charge >= 0.3 is 12.1 Å². The van der Waals surface area contributed by atoms with Gasteiger partial charge in [0.05, 0.1) is 38.2 Å². The summed E-state index contributed by atoms with van der Waals surface area (Å²) in [6, 6.07) is 8.73. The van der Waals surface area contributed by atoms with Crippen LogP contribution in [0.5, 0.6) is 0 Å². The lowest BCUT2D eigenvalue weighted by Crippen LogP contribution is -2.53. The number of alkyl halides is 3. The monoisotopic (exact) mass is 586 g/mol. The van der Waals surface area contributed by atoms with Gasteiger partial charge in [-0.25, -0.2) is 9.78 Å². The van der Waals surface area contributed by atoms with E-state index in [-0.39, 0.29) is 5.60 Å². The Morgan fingerprint density at radius 1 is 1.10 bits per heavy atom. The lowest BCUT2D eigenvalue weighted by molar-refractivity contribution is -0.192. The summed E-state index contributed by atoms with van der Waals surface area (Å²) in [6.07, 6.45) is -2.35. The van der Waals surface area contributed by atoms with Crippen molar-refractivity contribution in [3.05, 3.63) is 46.6 Å². The van der Waals surface area contributed by atoms with Gasteiger partial charge in [0.2, 0.25) is 5.95 Å². The van der Waals surface area contributed by atoms with Gasteiger partial charge in [0.1, 0.15) is 5.02 Å².